The molecule has 0 spiro atoms. The van der Waals surface area contributed by atoms with Gasteiger partial charge in [0.15, 0.2) is 11.5 Å². The first-order valence-electron chi connectivity index (χ1n) is 13.5. The molecule has 0 aliphatic heterocycles. The fourth-order valence-corrected chi connectivity index (χ4v) is 6.20. The van der Waals surface area contributed by atoms with Crippen LogP contribution in [0.25, 0.3) is 0 Å². The van der Waals surface area contributed by atoms with Gasteiger partial charge in [0, 0.05) is 19.7 Å². The number of rotatable bonds is 13. The van der Waals surface area contributed by atoms with E-state index < -0.39 is 28.5 Å². The molecule has 10 nitrogen and oxygen atoms in total. The summed E-state index contributed by atoms with van der Waals surface area (Å²) in [5.41, 5.74) is 2.71. The number of benzene rings is 3. The lowest BCUT2D eigenvalue weighted by Crippen LogP contribution is -2.51. The summed E-state index contributed by atoms with van der Waals surface area (Å²) < 4.78 is 45.5. The summed E-state index contributed by atoms with van der Waals surface area (Å²) in [6.07, 6.45) is 0.321. The molecule has 1 N–H and O–H groups in total. The van der Waals surface area contributed by atoms with Gasteiger partial charge in [0.2, 0.25) is 11.8 Å². The van der Waals surface area contributed by atoms with Crippen LogP contribution in [0.5, 0.6) is 17.2 Å². The van der Waals surface area contributed by atoms with Gasteiger partial charge in [-0.05, 0) is 73.4 Å². The summed E-state index contributed by atoms with van der Waals surface area (Å²) in [6.45, 7) is 5.03. The van der Waals surface area contributed by atoms with Crippen LogP contribution >= 0.6 is 0 Å². The SMILES string of the molecule is CC[C@H](C(=O)NC)N(Cc1cccc(OC)c1)C(=O)CN(c1cc(C)cc(C)c1)S(=O)(=O)c1ccc(OC)c(OC)c1. The number of hydrogen-bond acceptors (Lipinski definition) is 7. The van der Waals surface area contributed by atoms with Crippen LogP contribution in [0.1, 0.15) is 30.0 Å². The fourth-order valence-electron chi connectivity index (χ4n) is 4.78. The molecule has 0 unspecified atom stereocenters. The van der Waals surface area contributed by atoms with Crippen LogP contribution in [-0.2, 0) is 26.2 Å². The number of aryl methyl sites for hydroxylation is 2. The van der Waals surface area contributed by atoms with Crippen molar-refractivity contribution in [1.29, 1.82) is 0 Å². The molecule has 0 heterocycles. The van der Waals surface area contributed by atoms with Crippen LogP contribution in [0.4, 0.5) is 5.69 Å². The predicted molar refractivity (Wildman–Crippen MR) is 162 cm³/mol. The molecule has 3 aromatic carbocycles. The largest absolute Gasteiger partial charge is 0.497 e. The number of ether oxygens (including phenoxy) is 3. The maximum Gasteiger partial charge on any atom is 0.264 e. The van der Waals surface area contributed by atoms with E-state index in [1.165, 1.54) is 44.4 Å². The zero-order chi connectivity index (χ0) is 31.0. The average Bonchev–Trinajstić information content (AvgIpc) is 2.98. The fraction of sp³-hybridized carbons (Fsp3) is 0.355. The van der Waals surface area contributed by atoms with E-state index in [0.29, 0.717) is 23.6 Å². The number of methoxy groups -OCH3 is 3. The number of anilines is 1. The highest BCUT2D eigenvalue weighted by atomic mass is 32.2. The molecule has 2 amide bonds. The predicted octanol–water partition coefficient (Wildman–Crippen LogP) is 4.08. The third-order valence-corrected chi connectivity index (χ3v) is 8.61. The third-order valence-electron chi connectivity index (χ3n) is 6.84. The summed E-state index contributed by atoms with van der Waals surface area (Å²) in [5.74, 6) is 0.300. The minimum absolute atomic E-state index is 0.0685. The second-order valence-electron chi connectivity index (χ2n) is 9.79. The Kier molecular flexibility index (Phi) is 10.8. The summed E-state index contributed by atoms with van der Waals surface area (Å²) >= 11 is 0. The van der Waals surface area contributed by atoms with Crippen LogP contribution in [0, 0.1) is 13.8 Å². The Labute approximate surface area is 248 Å². The Morgan fingerprint density at radius 1 is 0.881 bits per heavy atom. The average molecular weight is 598 g/mol. The second-order valence-corrected chi connectivity index (χ2v) is 11.6. The van der Waals surface area contributed by atoms with E-state index in [1.807, 2.05) is 26.0 Å². The van der Waals surface area contributed by atoms with Gasteiger partial charge in [-0.1, -0.05) is 25.1 Å². The summed E-state index contributed by atoms with van der Waals surface area (Å²) in [4.78, 5) is 28.4. The number of carbonyl (C=O) groups is 2. The first-order chi connectivity index (χ1) is 20.0. The second kappa shape index (κ2) is 14.1. The molecule has 0 aromatic heterocycles. The molecule has 3 aromatic rings. The van der Waals surface area contributed by atoms with E-state index in [1.54, 1.807) is 44.4 Å². The lowest BCUT2D eigenvalue weighted by atomic mass is 10.1. The van der Waals surface area contributed by atoms with Gasteiger partial charge in [0.25, 0.3) is 10.0 Å². The third kappa shape index (κ3) is 7.33. The number of sulfonamides is 1. The number of amides is 2. The normalized spacial score (nSPS) is 11.8. The quantitative estimate of drug-likeness (QED) is 0.316. The molecule has 0 saturated carbocycles. The maximum atomic E-state index is 14.2. The minimum Gasteiger partial charge on any atom is -0.497 e. The minimum atomic E-state index is -4.29. The molecule has 0 radical (unpaired) electrons. The number of nitrogens with zero attached hydrogens (tertiary/aromatic N) is 2. The first kappa shape index (κ1) is 32.3. The summed E-state index contributed by atoms with van der Waals surface area (Å²) in [5, 5.41) is 2.62. The molecule has 0 aliphatic carbocycles. The zero-order valence-corrected chi connectivity index (χ0v) is 25.9. The van der Waals surface area contributed by atoms with Crippen LogP contribution in [0.2, 0.25) is 0 Å². The topological polar surface area (TPSA) is 114 Å². The molecule has 0 aliphatic rings. The van der Waals surface area contributed by atoms with Crippen LogP contribution in [-0.4, -0.2) is 66.1 Å². The molecule has 0 bridgehead atoms. The molecule has 42 heavy (non-hydrogen) atoms. The smallest absolute Gasteiger partial charge is 0.264 e. The number of likely N-dealkylation sites (N-methyl/N-ethyl adjacent to an activating group) is 1. The lowest BCUT2D eigenvalue weighted by molar-refractivity contribution is -0.140. The summed E-state index contributed by atoms with van der Waals surface area (Å²) in [7, 11) is 1.64. The van der Waals surface area contributed by atoms with Crippen LogP contribution in [0.3, 0.4) is 0 Å². The van der Waals surface area contributed by atoms with Gasteiger partial charge in [-0.2, -0.15) is 0 Å². The highest BCUT2D eigenvalue weighted by molar-refractivity contribution is 7.92. The van der Waals surface area contributed by atoms with Crippen molar-refractivity contribution in [1.82, 2.24) is 10.2 Å². The molecule has 3 rings (SSSR count). The van der Waals surface area contributed by atoms with Gasteiger partial charge >= 0.3 is 0 Å². The molecular weight excluding hydrogens is 558 g/mol. The zero-order valence-electron chi connectivity index (χ0n) is 25.1. The maximum absolute atomic E-state index is 14.2. The van der Waals surface area contributed by atoms with E-state index in [-0.39, 0.29) is 23.1 Å². The van der Waals surface area contributed by atoms with E-state index in [4.69, 9.17) is 14.2 Å². The van der Waals surface area contributed by atoms with Crippen molar-refractivity contribution in [3.63, 3.8) is 0 Å². The van der Waals surface area contributed by atoms with E-state index in [0.717, 1.165) is 21.0 Å². The Bertz CT molecular complexity index is 1500. The van der Waals surface area contributed by atoms with Crippen molar-refractivity contribution in [2.75, 3.05) is 39.2 Å². The first-order valence-corrected chi connectivity index (χ1v) is 14.9. The summed E-state index contributed by atoms with van der Waals surface area (Å²) in [6, 6.07) is 15.9. The molecule has 0 saturated heterocycles. The van der Waals surface area contributed by atoms with Crippen LogP contribution < -0.4 is 23.8 Å². The lowest BCUT2D eigenvalue weighted by Gasteiger charge is -2.33. The molecular formula is C31H39N3O7S. The van der Waals surface area contributed by atoms with Crippen molar-refractivity contribution in [3.05, 3.63) is 77.4 Å². The van der Waals surface area contributed by atoms with Gasteiger partial charge in [-0.25, -0.2) is 8.42 Å². The van der Waals surface area contributed by atoms with E-state index in [2.05, 4.69) is 5.32 Å². The van der Waals surface area contributed by atoms with Crippen molar-refractivity contribution >= 4 is 27.5 Å². The van der Waals surface area contributed by atoms with Gasteiger partial charge in [-0.15, -0.1) is 0 Å². The molecule has 0 fully saturated rings. The number of carbonyl (C=O) groups excluding carboxylic acids is 2. The van der Waals surface area contributed by atoms with Crippen molar-refractivity contribution < 1.29 is 32.2 Å². The Morgan fingerprint density at radius 2 is 1.55 bits per heavy atom. The Hall–Kier alpha value is -4.25. The molecule has 11 heteroatoms. The number of hydrogen-bond donors (Lipinski definition) is 1. The van der Waals surface area contributed by atoms with Gasteiger partial charge < -0.3 is 24.4 Å². The van der Waals surface area contributed by atoms with Gasteiger partial charge in [0.05, 0.1) is 31.9 Å². The highest BCUT2D eigenvalue weighted by Crippen LogP contribution is 2.33. The number of nitrogens with one attached hydrogen (secondary N) is 1. The van der Waals surface area contributed by atoms with Gasteiger partial charge in [0.1, 0.15) is 18.3 Å². The highest BCUT2D eigenvalue weighted by Gasteiger charge is 2.34. The Balaban J connectivity index is 2.14. The van der Waals surface area contributed by atoms with E-state index >= 15 is 0 Å². The Morgan fingerprint density at radius 3 is 2.12 bits per heavy atom. The molecule has 1 atom stereocenters. The van der Waals surface area contributed by atoms with Crippen molar-refractivity contribution in [2.45, 2.75) is 44.7 Å². The molecule has 226 valence electrons. The monoisotopic (exact) mass is 597 g/mol. The van der Waals surface area contributed by atoms with Crippen molar-refractivity contribution in [3.8, 4) is 17.2 Å². The van der Waals surface area contributed by atoms with Crippen molar-refractivity contribution in [2.24, 2.45) is 0 Å². The van der Waals surface area contributed by atoms with E-state index in [9.17, 15) is 18.0 Å². The standard InChI is InChI=1S/C31H39N3O7S/c1-8-27(31(36)32-4)33(19-23-10-9-11-25(17-23)39-5)30(35)20-34(24-15-21(2)14-22(3)16-24)42(37,38)26-12-13-28(40-6)29(18-26)41-7/h9-18,27H,8,19-20H2,1-7H3,(H,32,36)/t27-/m1/s1. The van der Waals surface area contributed by atoms with Gasteiger partial charge in [-0.3, -0.25) is 13.9 Å². The van der Waals surface area contributed by atoms with Crippen LogP contribution in [0.15, 0.2) is 65.6 Å².